The van der Waals surface area contributed by atoms with Gasteiger partial charge in [-0.25, -0.2) is 0 Å². The number of nitrogens with two attached hydrogens (primary N) is 1. The molecule has 0 saturated heterocycles. The van der Waals surface area contributed by atoms with Crippen LogP contribution in [-0.4, -0.2) is 20.7 Å². The summed E-state index contributed by atoms with van der Waals surface area (Å²) in [6.45, 7) is 1.01. The molecule has 0 aliphatic heterocycles. The second kappa shape index (κ2) is 5.50. The zero-order valence-electron chi connectivity index (χ0n) is 8.84. The summed E-state index contributed by atoms with van der Waals surface area (Å²) in [4.78, 5) is 0. The molecule has 3 heteroatoms. The molecule has 0 radical (unpaired) electrons. The molecule has 3 nitrogen and oxygen atoms in total. The Kier molecular flexibility index (Phi) is 4.26. The minimum Gasteiger partial charge on any atom is -0.497 e. The summed E-state index contributed by atoms with van der Waals surface area (Å²) in [5.41, 5.74) is 7.87. The summed E-state index contributed by atoms with van der Waals surface area (Å²) in [5.74, 6) is 0.874. The first kappa shape index (κ1) is 10.9. The number of hydrogen-bond donors (Lipinski definition) is 2. The molecule has 0 aliphatic carbocycles. The molecule has 0 aromatic heterocycles. The van der Waals surface area contributed by atoms with Crippen molar-refractivity contribution in [2.45, 2.75) is 12.8 Å². The summed E-state index contributed by atoms with van der Waals surface area (Å²) in [6, 6.07) is 5.79. The topological polar surface area (TPSA) is 47.3 Å². The van der Waals surface area contributed by atoms with Crippen molar-refractivity contribution >= 4 is 5.69 Å². The molecule has 0 saturated carbocycles. The maximum absolute atomic E-state index is 5.85. The van der Waals surface area contributed by atoms with Crippen LogP contribution in [0.5, 0.6) is 5.75 Å². The first-order valence-corrected chi connectivity index (χ1v) is 4.85. The highest BCUT2D eigenvalue weighted by Gasteiger charge is 2.00. The second-order valence-electron chi connectivity index (χ2n) is 3.27. The third-order valence-electron chi connectivity index (χ3n) is 2.22. The molecular weight excluding hydrogens is 176 g/mol. The molecule has 0 heterocycles. The Morgan fingerprint density at radius 1 is 1.43 bits per heavy atom. The van der Waals surface area contributed by atoms with E-state index in [-0.39, 0.29) is 0 Å². The summed E-state index contributed by atoms with van der Waals surface area (Å²) in [6.07, 6.45) is 2.08. The lowest BCUT2D eigenvalue weighted by molar-refractivity contribution is 0.414. The molecule has 0 amide bonds. The molecule has 14 heavy (non-hydrogen) atoms. The molecule has 0 fully saturated rings. The van der Waals surface area contributed by atoms with Crippen molar-refractivity contribution in [1.29, 1.82) is 0 Å². The SMILES string of the molecule is CNCCCc1cc(OC)ccc1N. The third kappa shape index (κ3) is 2.92. The van der Waals surface area contributed by atoms with Gasteiger partial charge in [-0.05, 0) is 50.2 Å². The molecule has 78 valence electrons. The highest BCUT2D eigenvalue weighted by Crippen LogP contribution is 2.20. The van der Waals surface area contributed by atoms with E-state index < -0.39 is 0 Å². The van der Waals surface area contributed by atoms with Gasteiger partial charge in [0.1, 0.15) is 5.75 Å². The molecule has 0 atom stereocenters. The fourth-order valence-electron chi connectivity index (χ4n) is 1.38. The number of benzene rings is 1. The van der Waals surface area contributed by atoms with E-state index in [4.69, 9.17) is 10.5 Å². The van der Waals surface area contributed by atoms with Crippen LogP contribution in [0.25, 0.3) is 0 Å². The standard InChI is InChI=1S/C11H18N2O/c1-13-7-3-4-9-8-10(14-2)5-6-11(9)12/h5-6,8,13H,3-4,7,12H2,1-2H3. The first-order valence-electron chi connectivity index (χ1n) is 4.85. The van der Waals surface area contributed by atoms with Gasteiger partial charge in [0.2, 0.25) is 0 Å². The molecule has 0 bridgehead atoms. The van der Waals surface area contributed by atoms with Crippen molar-refractivity contribution < 1.29 is 4.74 Å². The van der Waals surface area contributed by atoms with Crippen molar-refractivity contribution in [3.8, 4) is 5.75 Å². The lowest BCUT2D eigenvalue weighted by Crippen LogP contribution is -2.09. The van der Waals surface area contributed by atoms with Crippen molar-refractivity contribution in [2.24, 2.45) is 0 Å². The smallest absolute Gasteiger partial charge is 0.119 e. The fraction of sp³-hybridized carbons (Fsp3) is 0.455. The highest BCUT2D eigenvalue weighted by molar-refractivity contribution is 5.50. The van der Waals surface area contributed by atoms with Crippen LogP contribution < -0.4 is 15.8 Å². The van der Waals surface area contributed by atoms with E-state index in [1.807, 2.05) is 25.2 Å². The van der Waals surface area contributed by atoms with E-state index >= 15 is 0 Å². The van der Waals surface area contributed by atoms with E-state index in [9.17, 15) is 0 Å². The number of anilines is 1. The van der Waals surface area contributed by atoms with Gasteiger partial charge in [0, 0.05) is 5.69 Å². The quantitative estimate of drug-likeness (QED) is 0.550. The predicted octanol–water partition coefficient (Wildman–Crippen LogP) is 1.43. The van der Waals surface area contributed by atoms with E-state index in [0.29, 0.717) is 0 Å². The molecule has 0 aliphatic rings. The summed E-state index contributed by atoms with van der Waals surface area (Å²) in [7, 11) is 3.62. The second-order valence-corrected chi connectivity index (χ2v) is 3.27. The Balaban J connectivity index is 2.64. The zero-order valence-corrected chi connectivity index (χ0v) is 8.84. The summed E-state index contributed by atoms with van der Waals surface area (Å²) >= 11 is 0. The average molecular weight is 194 g/mol. The molecule has 1 rings (SSSR count). The number of nitrogen functional groups attached to an aromatic ring is 1. The van der Waals surface area contributed by atoms with Crippen molar-refractivity contribution in [2.75, 3.05) is 26.4 Å². The Hall–Kier alpha value is -1.22. The minimum absolute atomic E-state index is 0.849. The van der Waals surface area contributed by atoms with Gasteiger partial charge in [-0.2, -0.15) is 0 Å². The maximum Gasteiger partial charge on any atom is 0.119 e. The number of hydrogen-bond acceptors (Lipinski definition) is 3. The van der Waals surface area contributed by atoms with E-state index in [1.54, 1.807) is 7.11 Å². The lowest BCUT2D eigenvalue weighted by Gasteiger charge is -2.07. The number of ether oxygens (including phenoxy) is 1. The third-order valence-corrected chi connectivity index (χ3v) is 2.22. The van der Waals surface area contributed by atoms with Gasteiger partial charge in [-0.15, -0.1) is 0 Å². The number of rotatable bonds is 5. The van der Waals surface area contributed by atoms with Crippen LogP contribution in [-0.2, 0) is 6.42 Å². The number of nitrogens with one attached hydrogen (secondary N) is 1. The van der Waals surface area contributed by atoms with Gasteiger partial charge in [0.25, 0.3) is 0 Å². The molecule has 1 aromatic rings. The van der Waals surface area contributed by atoms with Gasteiger partial charge < -0.3 is 15.8 Å². The van der Waals surface area contributed by atoms with E-state index in [1.165, 1.54) is 5.56 Å². The van der Waals surface area contributed by atoms with Crippen LogP contribution in [0.4, 0.5) is 5.69 Å². The largest absolute Gasteiger partial charge is 0.497 e. The molecule has 1 aromatic carbocycles. The zero-order chi connectivity index (χ0) is 10.4. The van der Waals surface area contributed by atoms with Crippen LogP contribution in [0.3, 0.4) is 0 Å². The van der Waals surface area contributed by atoms with Gasteiger partial charge >= 0.3 is 0 Å². The van der Waals surface area contributed by atoms with Crippen LogP contribution in [0.2, 0.25) is 0 Å². The van der Waals surface area contributed by atoms with Gasteiger partial charge in [0.05, 0.1) is 7.11 Å². The van der Waals surface area contributed by atoms with E-state index in [0.717, 1.165) is 30.8 Å². The first-order chi connectivity index (χ1) is 6.77. The predicted molar refractivity (Wildman–Crippen MR) is 59.7 cm³/mol. The summed E-state index contributed by atoms with van der Waals surface area (Å²) in [5, 5.41) is 3.11. The van der Waals surface area contributed by atoms with Crippen molar-refractivity contribution in [1.82, 2.24) is 5.32 Å². The Labute approximate surface area is 85.3 Å². The van der Waals surface area contributed by atoms with Crippen molar-refractivity contribution in [3.05, 3.63) is 23.8 Å². The average Bonchev–Trinajstić information content (AvgIpc) is 2.21. The van der Waals surface area contributed by atoms with E-state index in [2.05, 4.69) is 5.32 Å². The number of methoxy groups -OCH3 is 1. The number of aryl methyl sites for hydroxylation is 1. The Bertz CT molecular complexity index is 287. The fourth-order valence-corrected chi connectivity index (χ4v) is 1.38. The Morgan fingerprint density at radius 2 is 2.21 bits per heavy atom. The molecular formula is C11H18N2O. The molecule has 0 spiro atoms. The Morgan fingerprint density at radius 3 is 2.86 bits per heavy atom. The normalized spacial score (nSPS) is 10.1. The van der Waals surface area contributed by atoms with Gasteiger partial charge in [-0.1, -0.05) is 0 Å². The van der Waals surface area contributed by atoms with Crippen LogP contribution in [0.1, 0.15) is 12.0 Å². The maximum atomic E-state index is 5.85. The monoisotopic (exact) mass is 194 g/mol. The van der Waals surface area contributed by atoms with Crippen LogP contribution in [0.15, 0.2) is 18.2 Å². The van der Waals surface area contributed by atoms with Gasteiger partial charge in [-0.3, -0.25) is 0 Å². The van der Waals surface area contributed by atoms with Crippen LogP contribution >= 0.6 is 0 Å². The van der Waals surface area contributed by atoms with Gasteiger partial charge in [0.15, 0.2) is 0 Å². The highest BCUT2D eigenvalue weighted by atomic mass is 16.5. The summed E-state index contributed by atoms with van der Waals surface area (Å²) < 4.78 is 5.14. The molecule has 3 N–H and O–H groups in total. The molecule has 0 unspecified atom stereocenters. The minimum atomic E-state index is 0.849. The van der Waals surface area contributed by atoms with Crippen LogP contribution in [0, 0.1) is 0 Å². The lowest BCUT2D eigenvalue weighted by atomic mass is 10.1. The van der Waals surface area contributed by atoms with Crippen molar-refractivity contribution in [3.63, 3.8) is 0 Å².